The topological polar surface area (TPSA) is 84.0 Å². The zero-order valence-electron chi connectivity index (χ0n) is 12.6. The molecule has 6 nitrogen and oxygen atoms in total. The van der Waals surface area contributed by atoms with Gasteiger partial charge in [-0.05, 0) is 24.6 Å². The van der Waals surface area contributed by atoms with Gasteiger partial charge in [0.25, 0.3) is 5.56 Å². The van der Waals surface area contributed by atoms with Gasteiger partial charge in [0.15, 0.2) is 0 Å². The summed E-state index contributed by atoms with van der Waals surface area (Å²) >= 11 is 0. The molecule has 2 N–H and O–H groups in total. The minimum Gasteiger partial charge on any atom is -0.348 e. The van der Waals surface area contributed by atoms with E-state index in [2.05, 4.69) is 5.32 Å². The van der Waals surface area contributed by atoms with Crippen molar-refractivity contribution in [2.45, 2.75) is 25.7 Å². The molecule has 24 heavy (non-hydrogen) atoms. The predicted molar refractivity (Wildman–Crippen MR) is 79.3 cm³/mol. The molecular formula is C15H14F3N3O3. The van der Waals surface area contributed by atoms with Crippen LogP contribution in [0.2, 0.25) is 0 Å². The minimum atomic E-state index is -4.42. The van der Waals surface area contributed by atoms with Crippen LogP contribution in [0.15, 0.2) is 46.1 Å². The van der Waals surface area contributed by atoms with E-state index in [4.69, 9.17) is 0 Å². The standard InChI is InChI=1S/C15H14F3N3O3/c1-9(10-2-4-11(5-3-10)15(16,17)18)19-13(23)8-21-7-6-12(22)20-14(21)24/h2-7,9H,8H2,1H3,(H,19,23)(H,20,22,24)/t9-/m1/s1. The first kappa shape index (κ1) is 17.5. The van der Waals surface area contributed by atoms with Crippen molar-refractivity contribution < 1.29 is 18.0 Å². The van der Waals surface area contributed by atoms with Gasteiger partial charge >= 0.3 is 11.9 Å². The van der Waals surface area contributed by atoms with Crippen molar-refractivity contribution in [2.24, 2.45) is 0 Å². The Bertz CT molecular complexity index is 838. The normalized spacial score (nSPS) is 12.7. The number of hydrogen-bond acceptors (Lipinski definition) is 3. The number of nitrogens with zero attached hydrogens (tertiary/aromatic N) is 1. The van der Waals surface area contributed by atoms with Gasteiger partial charge in [0, 0.05) is 12.3 Å². The Morgan fingerprint density at radius 2 is 1.83 bits per heavy atom. The maximum Gasteiger partial charge on any atom is 0.416 e. The molecule has 1 heterocycles. The number of aromatic nitrogens is 2. The molecule has 0 unspecified atom stereocenters. The van der Waals surface area contributed by atoms with Gasteiger partial charge in [-0.15, -0.1) is 0 Å². The van der Waals surface area contributed by atoms with Crippen LogP contribution in [0.25, 0.3) is 0 Å². The molecule has 1 aromatic heterocycles. The number of alkyl halides is 3. The molecule has 0 aliphatic rings. The van der Waals surface area contributed by atoms with Crippen molar-refractivity contribution in [3.05, 3.63) is 68.5 Å². The molecular weight excluding hydrogens is 327 g/mol. The summed E-state index contributed by atoms with van der Waals surface area (Å²) < 4.78 is 38.5. The summed E-state index contributed by atoms with van der Waals surface area (Å²) in [5.41, 5.74) is -1.58. The summed E-state index contributed by atoms with van der Waals surface area (Å²) in [6.07, 6.45) is -3.24. The molecule has 0 radical (unpaired) electrons. The van der Waals surface area contributed by atoms with Gasteiger partial charge in [0.05, 0.1) is 11.6 Å². The van der Waals surface area contributed by atoms with E-state index in [1.807, 2.05) is 4.98 Å². The number of rotatable bonds is 4. The van der Waals surface area contributed by atoms with E-state index in [0.717, 1.165) is 22.8 Å². The van der Waals surface area contributed by atoms with E-state index < -0.39 is 34.9 Å². The zero-order chi connectivity index (χ0) is 17.9. The molecule has 0 bridgehead atoms. The highest BCUT2D eigenvalue weighted by molar-refractivity contribution is 5.76. The number of amides is 1. The molecule has 0 aliphatic heterocycles. The smallest absolute Gasteiger partial charge is 0.348 e. The first-order valence-corrected chi connectivity index (χ1v) is 6.93. The van der Waals surface area contributed by atoms with E-state index in [-0.39, 0.29) is 6.54 Å². The van der Waals surface area contributed by atoms with Crippen LogP contribution in [0.4, 0.5) is 13.2 Å². The van der Waals surface area contributed by atoms with Crippen LogP contribution in [0.5, 0.6) is 0 Å². The Hall–Kier alpha value is -2.84. The fourth-order valence-electron chi connectivity index (χ4n) is 2.05. The molecule has 0 aliphatic carbocycles. The van der Waals surface area contributed by atoms with Gasteiger partial charge in [-0.3, -0.25) is 19.1 Å². The average Bonchev–Trinajstić information content (AvgIpc) is 2.49. The number of hydrogen-bond donors (Lipinski definition) is 2. The summed E-state index contributed by atoms with van der Waals surface area (Å²) in [7, 11) is 0. The highest BCUT2D eigenvalue weighted by Gasteiger charge is 2.30. The Kier molecular flexibility index (Phi) is 4.91. The molecule has 0 saturated heterocycles. The van der Waals surface area contributed by atoms with Crippen LogP contribution >= 0.6 is 0 Å². The lowest BCUT2D eigenvalue weighted by molar-refractivity contribution is -0.137. The highest BCUT2D eigenvalue weighted by Crippen LogP contribution is 2.29. The summed E-state index contributed by atoms with van der Waals surface area (Å²) in [5.74, 6) is -0.517. The molecule has 0 saturated carbocycles. The second-order valence-electron chi connectivity index (χ2n) is 5.15. The van der Waals surface area contributed by atoms with Crippen molar-refractivity contribution in [1.82, 2.24) is 14.9 Å². The van der Waals surface area contributed by atoms with Crippen LogP contribution in [-0.4, -0.2) is 15.5 Å². The quantitative estimate of drug-likeness (QED) is 0.882. The van der Waals surface area contributed by atoms with Gasteiger partial charge in [0.2, 0.25) is 5.91 Å². The highest BCUT2D eigenvalue weighted by atomic mass is 19.4. The Labute approximate surface area is 133 Å². The number of halogens is 3. The molecule has 0 spiro atoms. The van der Waals surface area contributed by atoms with E-state index in [9.17, 15) is 27.6 Å². The van der Waals surface area contributed by atoms with Crippen LogP contribution in [0, 0.1) is 0 Å². The Morgan fingerprint density at radius 1 is 1.21 bits per heavy atom. The number of aromatic amines is 1. The van der Waals surface area contributed by atoms with E-state index in [1.54, 1.807) is 6.92 Å². The minimum absolute atomic E-state index is 0.319. The Morgan fingerprint density at radius 3 is 2.38 bits per heavy atom. The summed E-state index contributed by atoms with van der Waals surface area (Å²) in [6.45, 7) is 1.29. The third-order valence-electron chi connectivity index (χ3n) is 3.33. The zero-order valence-corrected chi connectivity index (χ0v) is 12.6. The predicted octanol–water partition coefficient (Wildman–Crippen LogP) is 1.43. The lowest BCUT2D eigenvalue weighted by Gasteiger charge is -2.16. The van der Waals surface area contributed by atoms with Crippen LogP contribution in [0.3, 0.4) is 0 Å². The number of carbonyl (C=O) groups excluding carboxylic acids is 1. The molecule has 1 atom stereocenters. The number of carbonyl (C=O) groups is 1. The first-order valence-electron chi connectivity index (χ1n) is 6.93. The first-order chi connectivity index (χ1) is 11.2. The molecule has 1 amide bonds. The van der Waals surface area contributed by atoms with Gasteiger partial charge in [0.1, 0.15) is 6.54 Å². The summed E-state index contributed by atoms with van der Waals surface area (Å²) in [6, 6.07) is 4.99. The summed E-state index contributed by atoms with van der Waals surface area (Å²) in [4.78, 5) is 36.4. The lowest BCUT2D eigenvalue weighted by atomic mass is 10.1. The molecule has 2 rings (SSSR count). The van der Waals surface area contributed by atoms with Gasteiger partial charge in [-0.2, -0.15) is 13.2 Å². The van der Waals surface area contributed by atoms with Crippen molar-refractivity contribution in [3.8, 4) is 0 Å². The van der Waals surface area contributed by atoms with Gasteiger partial charge < -0.3 is 5.32 Å². The maximum absolute atomic E-state index is 12.5. The van der Waals surface area contributed by atoms with Gasteiger partial charge in [-0.25, -0.2) is 4.79 Å². The van der Waals surface area contributed by atoms with Crippen molar-refractivity contribution in [1.29, 1.82) is 0 Å². The van der Waals surface area contributed by atoms with Crippen molar-refractivity contribution >= 4 is 5.91 Å². The number of nitrogens with one attached hydrogen (secondary N) is 2. The van der Waals surface area contributed by atoms with Crippen molar-refractivity contribution in [3.63, 3.8) is 0 Å². The monoisotopic (exact) mass is 341 g/mol. The number of benzene rings is 1. The van der Waals surface area contributed by atoms with E-state index >= 15 is 0 Å². The average molecular weight is 341 g/mol. The second kappa shape index (κ2) is 6.73. The van der Waals surface area contributed by atoms with E-state index in [1.165, 1.54) is 18.3 Å². The molecule has 1 aromatic carbocycles. The number of H-pyrrole nitrogens is 1. The molecule has 2 aromatic rings. The maximum atomic E-state index is 12.5. The SMILES string of the molecule is C[C@@H](NC(=O)Cn1ccc(=O)[nH]c1=O)c1ccc(C(F)(F)F)cc1. The fraction of sp³-hybridized carbons (Fsp3) is 0.267. The summed E-state index contributed by atoms with van der Waals surface area (Å²) in [5, 5.41) is 2.57. The third-order valence-corrected chi connectivity index (χ3v) is 3.33. The van der Waals surface area contributed by atoms with Crippen LogP contribution < -0.4 is 16.6 Å². The Balaban J connectivity index is 2.03. The van der Waals surface area contributed by atoms with Crippen LogP contribution in [-0.2, 0) is 17.5 Å². The third kappa shape index (κ3) is 4.34. The fourth-order valence-corrected chi connectivity index (χ4v) is 2.05. The molecule has 0 fully saturated rings. The molecule has 9 heteroatoms. The van der Waals surface area contributed by atoms with Crippen LogP contribution in [0.1, 0.15) is 24.1 Å². The lowest BCUT2D eigenvalue weighted by Crippen LogP contribution is -2.36. The van der Waals surface area contributed by atoms with Crippen molar-refractivity contribution in [2.75, 3.05) is 0 Å². The largest absolute Gasteiger partial charge is 0.416 e. The second-order valence-corrected chi connectivity index (χ2v) is 5.15. The molecule has 128 valence electrons. The van der Waals surface area contributed by atoms with Gasteiger partial charge in [-0.1, -0.05) is 12.1 Å². The van der Waals surface area contributed by atoms with E-state index in [0.29, 0.717) is 5.56 Å².